The molecule has 1 unspecified atom stereocenters. The molecule has 136 valence electrons. The zero-order valence-electron chi connectivity index (χ0n) is 15.5. The van der Waals surface area contributed by atoms with Gasteiger partial charge in [0.1, 0.15) is 5.01 Å². The number of rotatable bonds is 4. The summed E-state index contributed by atoms with van der Waals surface area (Å²) in [5.74, 6) is 0. The molecule has 0 N–H and O–H groups in total. The van der Waals surface area contributed by atoms with E-state index in [4.69, 9.17) is 4.98 Å². The Bertz CT molecular complexity index is 657. The molecule has 0 amide bonds. The average molecular weight is 359 g/mol. The van der Waals surface area contributed by atoms with Crippen LogP contribution in [-0.2, 0) is 6.54 Å². The highest BCUT2D eigenvalue weighted by molar-refractivity contribution is 7.18. The van der Waals surface area contributed by atoms with Crippen LogP contribution in [0.25, 0.3) is 10.2 Å². The van der Waals surface area contributed by atoms with Gasteiger partial charge in [-0.3, -0.25) is 14.7 Å². The van der Waals surface area contributed by atoms with Gasteiger partial charge in [-0.25, -0.2) is 4.98 Å². The second-order valence-corrected chi connectivity index (χ2v) is 8.80. The molecule has 2 fully saturated rings. The summed E-state index contributed by atoms with van der Waals surface area (Å²) in [6, 6.07) is 9.20. The van der Waals surface area contributed by atoms with Gasteiger partial charge in [-0.05, 0) is 45.2 Å². The zero-order valence-corrected chi connectivity index (χ0v) is 16.3. The molecule has 0 radical (unpaired) electrons. The number of piperazine rings is 1. The Morgan fingerprint density at radius 3 is 2.64 bits per heavy atom. The molecule has 3 heterocycles. The summed E-state index contributed by atoms with van der Waals surface area (Å²) in [7, 11) is 0. The van der Waals surface area contributed by atoms with Crippen molar-refractivity contribution in [1.29, 1.82) is 0 Å². The van der Waals surface area contributed by atoms with Gasteiger partial charge >= 0.3 is 0 Å². The summed E-state index contributed by atoms with van der Waals surface area (Å²) in [4.78, 5) is 12.9. The van der Waals surface area contributed by atoms with Crippen LogP contribution in [0.5, 0.6) is 0 Å². The van der Waals surface area contributed by atoms with Gasteiger partial charge in [-0.1, -0.05) is 12.1 Å². The van der Waals surface area contributed by atoms with Crippen LogP contribution in [0.2, 0.25) is 0 Å². The van der Waals surface area contributed by atoms with E-state index in [0.717, 1.165) is 12.1 Å². The molecule has 0 aliphatic carbocycles. The largest absolute Gasteiger partial charge is 0.298 e. The molecular weight excluding hydrogens is 328 g/mol. The Labute approximate surface area is 155 Å². The molecule has 4 rings (SSSR count). The number of likely N-dealkylation sites (tertiary alicyclic amines) is 1. The van der Waals surface area contributed by atoms with Crippen LogP contribution in [0.4, 0.5) is 0 Å². The molecule has 25 heavy (non-hydrogen) atoms. The van der Waals surface area contributed by atoms with Gasteiger partial charge in [0.2, 0.25) is 0 Å². The van der Waals surface area contributed by atoms with E-state index in [1.807, 2.05) is 11.3 Å². The highest BCUT2D eigenvalue weighted by atomic mass is 32.1. The predicted octanol–water partition coefficient (Wildman–Crippen LogP) is 3.63. The Morgan fingerprint density at radius 1 is 1.08 bits per heavy atom. The molecule has 0 saturated carbocycles. The third-order valence-corrected chi connectivity index (χ3v) is 6.78. The molecule has 2 saturated heterocycles. The fourth-order valence-corrected chi connectivity index (χ4v) is 5.28. The van der Waals surface area contributed by atoms with Crippen molar-refractivity contribution in [2.24, 2.45) is 0 Å². The zero-order chi connectivity index (χ0) is 17.2. The topological polar surface area (TPSA) is 22.6 Å². The van der Waals surface area contributed by atoms with Crippen molar-refractivity contribution in [3.8, 4) is 0 Å². The maximum atomic E-state index is 4.87. The van der Waals surface area contributed by atoms with E-state index in [1.54, 1.807) is 0 Å². The molecule has 1 aromatic carbocycles. The summed E-state index contributed by atoms with van der Waals surface area (Å²) < 4.78 is 1.32. The first-order chi connectivity index (χ1) is 12.2. The van der Waals surface area contributed by atoms with E-state index in [2.05, 4.69) is 52.8 Å². The molecule has 2 aromatic rings. The van der Waals surface area contributed by atoms with E-state index >= 15 is 0 Å². The van der Waals surface area contributed by atoms with Gasteiger partial charge in [-0.2, -0.15) is 0 Å². The first-order valence-electron chi connectivity index (χ1n) is 9.77. The minimum absolute atomic E-state index is 0.607. The number of thiazole rings is 1. The second kappa shape index (κ2) is 7.70. The second-order valence-electron chi connectivity index (χ2n) is 7.69. The third-order valence-electron chi connectivity index (χ3n) is 5.76. The van der Waals surface area contributed by atoms with Crippen molar-refractivity contribution < 1.29 is 0 Å². The quantitative estimate of drug-likeness (QED) is 0.832. The van der Waals surface area contributed by atoms with Crippen molar-refractivity contribution in [1.82, 2.24) is 19.7 Å². The Balaban J connectivity index is 1.44. The normalized spacial score (nSPS) is 24.4. The first-order valence-corrected chi connectivity index (χ1v) is 10.6. The minimum atomic E-state index is 0.607. The van der Waals surface area contributed by atoms with Crippen molar-refractivity contribution in [2.75, 3.05) is 32.7 Å². The van der Waals surface area contributed by atoms with Crippen LogP contribution in [-0.4, -0.2) is 64.6 Å². The number of aromatic nitrogens is 1. The summed E-state index contributed by atoms with van der Waals surface area (Å²) in [6.45, 7) is 11.7. The van der Waals surface area contributed by atoms with Gasteiger partial charge in [0, 0.05) is 38.8 Å². The number of fused-ring (bicyclic) bond motifs is 1. The van der Waals surface area contributed by atoms with E-state index in [0.29, 0.717) is 12.2 Å². The lowest BCUT2D eigenvalue weighted by Gasteiger charge is -2.46. The summed E-state index contributed by atoms with van der Waals surface area (Å²) in [5, 5.41) is 1.27. The predicted molar refractivity (Wildman–Crippen MR) is 106 cm³/mol. The summed E-state index contributed by atoms with van der Waals surface area (Å²) in [6.07, 6.45) is 4.61. The summed E-state index contributed by atoms with van der Waals surface area (Å²) >= 11 is 1.86. The molecule has 1 aromatic heterocycles. The van der Waals surface area contributed by atoms with Crippen LogP contribution >= 0.6 is 11.3 Å². The molecular formula is C20H30N4S. The average Bonchev–Trinajstić information content (AvgIpc) is 3.04. The number of para-hydroxylation sites is 1. The first kappa shape index (κ1) is 17.4. The number of benzene rings is 1. The van der Waals surface area contributed by atoms with E-state index in [1.165, 1.54) is 61.7 Å². The lowest BCUT2D eigenvalue weighted by Crippen LogP contribution is -2.57. The molecule has 2 aliphatic rings. The highest BCUT2D eigenvalue weighted by Gasteiger charge is 2.31. The SMILES string of the molecule is CC(C)N1CCN(C2CCCCN2Cc2nc3ccccc3s2)CC1. The van der Waals surface area contributed by atoms with Gasteiger partial charge < -0.3 is 0 Å². The lowest BCUT2D eigenvalue weighted by atomic mass is 10.1. The van der Waals surface area contributed by atoms with Crippen molar-refractivity contribution >= 4 is 21.6 Å². The van der Waals surface area contributed by atoms with Crippen molar-refractivity contribution in [3.05, 3.63) is 29.3 Å². The van der Waals surface area contributed by atoms with Crippen LogP contribution < -0.4 is 0 Å². The molecule has 1 atom stereocenters. The molecule has 2 aliphatic heterocycles. The maximum absolute atomic E-state index is 4.87. The standard InChI is InChI=1S/C20H30N4S/c1-16(2)22-11-13-23(14-12-22)20-9-5-6-10-24(20)15-19-21-17-7-3-4-8-18(17)25-19/h3-4,7-8,16,20H,5-6,9-15H2,1-2H3. The number of nitrogens with zero attached hydrogens (tertiary/aromatic N) is 4. The van der Waals surface area contributed by atoms with Crippen LogP contribution in [0.15, 0.2) is 24.3 Å². The smallest absolute Gasteiger partial charge is 0.108 e. The summed E-state index contributed by atoms with van der Waals surface area (Å²) in [5.41, 5.74) is 1.15. The minimum Gasteiger partial charge on any atom is -0.298 e. The van der Waals surface area contributed by atoms with E-state index < -0.39 is 0 Å². The maximum Gasteiger partial charge on any atom is 0.108 e. The van der Waals surface area contributed by atoms with Gasteiger partial charge in [0.25, 0.3) is 0 Å². The number of hydrogen-bond donors (Lipinski definition) is 0. The molecule has 0 bridgehead atoms. The molecule has 4 nitrogen and oxygen atoms in total. The molecule has 5 heteroatoms. The third kappa shape index (κ3) is 3.90. The Kier molecular flexibility index (Phi) is 5.36. The number of piperidine rings is 1. The van der Waals surface area contributed by atoms with Crippen molar-refractivity contribution in [3.63, 3.8) is 0 Å². The van der Waals surface area contributed by atoms with Crippen LogP contribution in [0.1, 0.15) is 38.1 Å². The van der Waals surface area contributed by atoms with Gasteiger partial charge in [0.15, 0.2) is 0 Å². The molecule has 0 spiro atoms. The fraction of sp³-hybridized carbons (Fsp3) is 0.650. The van der Waals surface area contributed by atoms with E-state index in [-0.39, 0.29) is 0 Å². The van der Waals surface area contributed by atoms with Crippen LogP contribution in [0.3, 0.4) is 0 Å². The van der Waals surface area contributed by atoms with Gasteiger partial charge in [0.05, 0.1) is 22.9 Å². The number of hydrogen-bond acceptors (Lipinski definition) is 5. The Hall–Kier alpha value is -1.01. The van der Waals surface area contributed by atoms with E-state index in [9.17, 15) is 0 Å². The monoisotopic (exact) mass is 358 g/mol. The highest BCUT2D eigenvalue weighted by Crippen LogP contribution is 2.27. The van der Waals surface area contributed by atoms with Crippen LogP contribution in [0, 0.1) is 0 Å². The fourth-order valence-electron chi connectivity index (χ4n) is 4.28. The van der Waals surface area contributed by atoms with Gasteiger partial charge in [-0.15, -0.1) is 11.3 Å². The van der Waals surface area contributed by atoms with Crippen molar-refractivity contribution in [2.45, 2.75) is 51.9 Å². The Morgan fingerprint density at radius 2 is 1.88 bits per heavy atom. The lowest BCUT2D eigenvalue weighted by molar-refractivity contribution is -0.0230.